The van der Waals surface area contributed by atoms with Crippen molar-refractivity contribution in [2.24, 2.45) is 0 Å². The Morgan fingerprint density at radius 1 is 1.10 bits per heavy atom. The van der Waals surface area contributed by atoms with E-state index in [1.165, 1.54) is 12.1 Å². The summed E-state index contributed by atoms with van der Waals surface area (Å²) in [6.45, 7) is 0.417. The van der Waals surface area contributed by atoms with Gasteiger partial charge in [0.1, 0.15) is 16.5 Å². The first-order valence-electron chi connectivity index (χ1n) is 8.65. The fourth-order valence-electron chi connectivity index (χ4n) is 2.89. The molecule has 1 aliphatic rings. The summed E-state index contributed by atoms with van der Waals surface area (Å²) in [7, 11) is 0. The predicted octanol–water partition coefficient (Wildman–Crippen LogP) is 5.89. The maximum Gasteiger partial charge on any atom is 0.291 e. The first kappa shape index (κ1) is 19.1. The predicted molar refractivity (Wildman–Crippen MR) is 116 cm³/mol. The molecule has 144 valence electrons. The van der Waals surface area contributed by atoms with E-state index in [0.717, 1.165) is 17.3 Å². The maximum atomic E-state index is 12.4. The van der Waals surface area contributed by atoms with Crippen molar-refractivity contribution in [3.8, 4) is 11.3 Å². The second-order valence-corrected chi connectivity index (χ2v) is 7.64. The number of nitro benzene ring substituents is 1. The second-order valence-electron chi connectivity index (χ2n) is 6.26. The molecular formula is C21H14N2O4S2. The van der Waals surface area contributed by atoms with E-state index in [1.54, 1.807) is 35.2 Å². The van der Waals surface area contributed by atoms with Crippen LogP contribution in [0.3, 0.4) is 0 Å². The molecule has 2 heterocycles. The van der Waals surface area contributed by atoms with Gasteiger partial charge in [-0.1, -0.05) is 54.7 Å². The number of hydrogen-bond donors (Lipinski definition) is 0. The number of nitro groups is 1. The summed E-state index contributed by atoms with van der Waals surface area (Å²) in [6.07, 6.45) is 1.72. The van der Waals surface area contributed by atoms with Crippen LogP contribution in [-0.2, 0) is 6.54 Å². The van der Waals surface area contributed by atoms with Crippen LogP contribution in [0.5, 0.6) is 0 Å². The van der Waals surface area contributed by atoms with E-state index in [4.69, 9.17) is 16.6 Å². The van der Waals surface area contributed by atoms with Crippen molar-refractivity contribution in [2.75, 3.05) is 0 Å². The Balaban J connectivity index is 1.55. The van der Waals surface area contributed by atoms with Crippen LogP contribution in [0.4, 0.5) is 10.5 Å². The molecule has 1 fully saturated rings. The molecule has 6 nitrogen and oxygen atoms in total. The lowest BCUT2D eigenvalue weighted by Gasteiger charge is -2.14. The number of amides is 1. The highest BCUT2D eigenvalue weighted by molar-refractivity contribution is 8.19. The lowest BCUT2D eigenvalue weighted by atomic mass is 10.1. The molecule has 2 aromatic carbocycles. The lowest BCUT2D eigenvalue weighted by Crippen LogP contribution is -2.26. The smallest absolute Gasteiger partial charge is 0.291 e. The van der Waals surface area contributed by atoms with E-state index in [1.807, 2.05) is 30.3 Å². The summed E-state index contributed by atoms with van der Waals surface area (Å²) in [6, 6.07) is 19.4. The van der Waals surface area contributed by atoms with Gasteiger partial charge in [-0.15, -0.1) is 0 Å². The van der Waals surface area contributed by atoms with Crippen molar-refractivity contribution in [3.63, 3.8) is 0 Å². The topological polar surface area (TPSA) is 76.6 Å². The highest BCUT2D eigenvalue weighted by Gasteiger charge is 2.31. The molecule has 0 radical (unpaired) electrons. The quantitative estimate of drug-likeness (QED) is 0.221. The van der Waals surface area contributed by atoms with Crippen molar-refractivity contribution >= 4 is 46.0 Å². The Kier molecular flexibility index (Phi) is 5.28. The molecule has 1 saturated heterocycles. The minimum absolute atomic E-state index is 0.00604. The second kappa shape index (κ2) is 8.02. The highest BCUT2D eigenvalue weighted by Crippen LogP contribution is 2.35. The molecule has 3 aromatic rings. The van der Waals surface area contributed by atoms with Crippen molar-refractivity contribution in [1.29, 1.82) is 0 Å². The first-order chi connectivity index (χ1) is 14.0. The van der Waals surface area contributed by atoms with Gasteiger partial charge in [0.15, 0.2) is 0 Å². The number of rotatable bonds is 5. The fraction of sp³-hybridized carbons (Fsp3) is 0.0476. The standard InChI is InChI=1S/C21H14N2O4S2/c24-21-22(13-14-5-2-1-3-6-14)20(28)19(29-21)12-17-9-10-18(27-17)15-7-4-8-16(11-15)23(25)26/h1-12H,13H2. The molecule has 0 N–H and O–H groups in total. The van der Waals surface area contributed by atoms with Crippen LogP contribution in [0, 0.1) is 10.1 Å². The van der Waals surface area contributed by atoms with Crippen LogP contribution in [0.2, 0.25) is 0 Å². The van der Waals surface area contributed by atoms with Gasteiger partial charge in [0.25, 0.3) is 10.9 Å². The molecule has 4 rings (SSSR count). The number of hydrogen-bond acceptors (Lipinski definition) is 6. The first-order valence-corrected chi connectivity index (χ1v) is 9.88. The molecule has 29 heavy (non-hydrogen) atoms. The molecule has 0 unspecified atom stereocenters. The van der Waals surface area contributed by atoms with Gasteiger partial charge in [-0.05, 0) is 35.5 Å². The SMILES string of the molecule is O=C1SC(=Cc2ccc(-c3cccc([N+](=O)[O-])c3)o2)C(=S)N1Cc1ccccc1. The van der Waals surface area contributed by atoms with Gasteiger partial charge < -0.3 is 4.42 Å². The van der Waals surface area contributed by atoms with Crippen LogP contribution < -0.4 is 0 Å². The molecule has 0 spiro atoms. The molecule has 0 saturated carbocycles. The largest absolute Gasteiger partial charge is 0.457 e. The van der Waals surface area contributed by atoms with Crippen molar-refractivity contribution in [3.05, 3.63) is 93.1 Å². The van der Waals surface area contributed by atoms with Crippen molar-refractivity contribution in [1.82, 2.24) is 4.90 Å². The third-order valence-corrected chi connectivity index (χ3v) is 5.79. The molecule has 1 aliphatic heterocycles. The van der Waals surface area contributed by atoms with E-state index in [-0.39, 0.29) is 10.9 Å². The van der Waals surface area contributed by atoms with Gasteiger partial charge in [0, 0.05) is 17.7 Å². The Labute approximate surface area is 176 Å². The van der Waals surface area contributed by atoms with Crippen LogP contribution in [0.1, 0.15) is 11.3 Å². The number of non-ortho nitro benzene ring substituents is 1. The Hall–Kier alpha value is -3.23. The third kappa shape index (κ3) is 4.13. The van der Waals surface area contributed by atoms with Crippen molar-refractivity contribution < 1.29 is 14.1 Å². The van der Waals surface area contributed by atoms with Gasteiger partial charge in [-0.2, -0.15) is 0 Å². The zero-order valence-electron chi connectivity index (χ0n) is 15.0. The molecule has 0 bridgehead atoms. The summed E-state index contributed by atoms with van der Waals surface area (Å²) in [5.74, 6) is 1.02. The number of benzene rings is 2. The summed E-state index contributed by atoms with van der Waals surface area (Å²) >= 11 is 6.55. The monoisotopic (exact) mass is 422 g/mol. The van der Waals surface area contributed by atoms with Gasteiger partial charge in [0.05, 0.1) is 16.4 Å². The average molecular weight is 422 g/mol. The highest BCUT2D eigenvalue weighted by atomic mass is 32.2. The van der Waals surface area contributed by atoms with E-state index in [9.17, 15) is 14.9 Å². The van der Waals surface area contributed by atoms with Crippen molar-refractivity contribution in [2.45, 2.75) is 6.54 Å². The maximum absolute atomic E-state index is 12.4. The van der Waals surface area contributed by atoms with Crippen LogP contribution in [-0.4, -0.2) is 20.1 Å². The molecule has 8 heteroatoms. The Morgan fingerprint density at radius 3 is 2.66 bits per heavy atom. The molecule has 0 aliphatic carbocycles. The Morgan fingerprint density at radius 2 is 1.90 bits per heavy atom. The minimum atomic E-state index is -0.449. The zero-order valence-corrected chi connectivity index (χ0v) is 16.6. The normalized spacial score (nSPS) is 15.3. The number of furan rings is 1. The molecule has 1 amide bonds. The number of carbonyl (C=O) groups excluding carboxylic acids is 1. The number of thioether (sulfide) groups is 1. The van der Waals surface area contributed by atoms with Gasteiger partial charge in [-0.3, -0.25) is 19.8 Å². The van der Waals surface area contributed by atoms with Gasteiger partial charge in [-0.25, -0.2) is 0 Å². The number of nitrogens with zero attached hydrogens (tertiary/aromatic N) is 2. The third-order valence-electron chi connectivity index (χ3n) is 4.30. The van der Waals surface area contributed by atoms with Gasteiger partial charge >= 0.3 is 0 Å². The van der Waals surface area contributed by atoms with Crippen LogP contribution in [0.25, 0.3) is 17.4 Å². The summed E-state index contributed by atoms with van der Waals surface area (Å²) in [5, 5.41) is 10.8. The summed E-state index contributed by atoms with van der Waals surface area (Å²) in [5.41, 5.74) is 1.59. The molecular weight excluding hydrogens is 408 g/mol. The Bertz CT molecular complexity index is 1140. The van der Waals surface area contributed by atoms with Gasteiger partial charge in [0.2, 0.25) is 0 Å². The summed E-state index contributed by atoms with van der Waals surface area (Å²) < 4.78 is 5.80. The van der Waals surface area contributed by atoms with Crippen LogP contribution >= 0.6 is 24.0 Å². The van der Waals surface area contributed by atoms with E-state index >= 15 is 0 Å². The molecule has 1 aromatic heterocycles. The minimum Gasteiger partial charge on any atom is -0.457 e. The average Bonchev–Trinajstić information content (AvgIpc) is 3.29. The fourth-order valence-corrected chi connectivity index (χ4v) is 4.11. The number of carbonyl (C=O) groups is 1. The van der Waals surface area contributed by atoms with E-state index in [0.29, 0.717) is 33.5 Å². The van der Waals surface area contributed by atoms with E-state index < -0.39 is 4.92 Å². The van der Waals surface area contributed by atoms with E-state index in [2.05, 4.69) is 0 Å². The summed E-state index contributed by atoms with van der Waals surface area (Å²) in [4.78, 5) is 25.6. The zero-order chi connectivity index (χ0) is 20.4. The van der Waals surface area contributed by atoms with Crippen LogP contribution in [0.15, 0.2) is 76.1 Å². The number of thiocarbonyl (C=S) groups is 1. The molecule has 0 atom stereocenters. The lowest BCUT2D eigenvalue weighted by molar-refractivity contribution is -0.384.